The van der Waals surface area contributed by atoms with Crippen LogP contribution in [0.15, 0.2) is 48.5 Å². The van der Waals surface area contributed by atoms with E-state index in [4.69, 9.17) is 0 Å². The van der Waals surface area contributed by atoms with Gasteiger partial charge in [0.15, 0.2) is 5.82 Å². The summed E-state index contributed by atoms with van der Waals surface area (Å²) in [5.74, 6) is -1.63. The number of carboxylic acids is 1. The van der Waals surface area contributed by atoms with Crippen molar-refractivity contribution in [1.29, 1.82) is 0 Å². The van der Waals surface area contributed by atoms with Gasteiger partial charge in [-0.25, -0.2) is 13.5 Å². The second-order valence-corrected chi connectivity index (χ2v) is 6.48. The number of halogens is 2. The van der Waals surface area contributed by atoms with E-state index < -0.39 is 17.6 Å². The standard InChI is InChI=1S/C20H18F2N4O2/c1-12(2)26-20(23-24-25-26)17(11-18(27)28)19(13-3-7-15(21)8-4-13)14-5-9-16(22)10-6-14/h3-10,12H,11H2,1-2H3,(H,27,28). The van der Waals surface area contributed by atoms with Crippen LogP contribution in [0, 0.1) is 11.6 Å². The number of nitrogens with zero attached hydrogens (tertiary/aromatic N) is 4. The van der Waals surface area contributed by atoms with E-state index in [0.29, 0.717) is 28.1 Å². The van der Waals surface area contributed by atoms with E-state index in [1.165, 1.54) is 28.9 Å². The van der Waals surface area contributed by atoms with E-state index in [9.17, 15) is 18.7 Å². The first-order valence-electron chi connectivity index (χ1n) is 8.62. The molecule has 0 aliphatic heterocycles. The molecule has 0 radical (unpaired) electrons. The summed E-state index contributed by atoms with van der Waals surface area (Å²) in [4.78, 5) is 11.6. The molecule has 6 nitrogen and oxygen atoms in total. The van der Waals surface area contributed by atoms with Crippen molar-refractivity contribution in [2.45, 2.75) is 26.3 Å². The van der Waals surface area contributed by atoms with Gasteiger partial charge in [0, 0.05) is 5.57 Å². The number of carboxylic acid groups (broad SMARTS) is 1. The van der Waals surface area contributed by atoms with E-state index in [2.05, 4.69) is 15.5 Å². The van der Waals surface area contributed by atoms with E-state index in [1.54, 1.807) is 24.3 Å². The summed E-state index contributed by atoms with van der Waals surface area (Å²) in [6.07, 6.45) is -0.364. The van der Waals surface area contributed by atoms with Crippen molar-refractivity contribution in [3.63, 3.8) is 0 Å². The first-order chi connectivity index (χ1) is 13.4. The summed E-state index contributed by atoms with van der Waals surface area (Å²) in [5.41, 5.74) is 1.99. The highest BCUT2D eigenvalue weighted by Crippen LogP contribution is 2.34. The molecule has 0 bridgehead atoms. The van der Waals surface area contributed by atoms with Crippen LogP contribution in [-0.2, 0) is 4.79 Å². The molecule has 1 N–H and O–H groups in total. The molecule has 0 unspecified atom stereocenters. The number of hydrogen-bond donors (Lipinski definition) is 1. The van der Waals surface area contributed by atoms with Crippen molar-refractivity contribution in [1.82, 2.24) is 20.2 Å². The zero-order valence-electron chi connectivity index (χ0n) is 15.3. The number of tetrazole rings is 1. The smallest absolute Gasteiger partial charge is 0.307 e. The minimum atomic E-state index is -1.07. The Balaban J connectivity index is 2.34. The fourth-order valence-electron chi connectivity index (χ4n) is 2.92. The van der Waals surface area contributed by atoms with Gasteiger partial charge in [0.05, 0.1) is 12.5 Å². The number of aromatic nitrogens is 4. The molecule has 3 rings (SSSR count). The van der Waals surface area contributed by atoms with E-state index >= 15 is 0 Å². The monoisotopic (exact) mass is 384 g/mol. The molecule has 2 aromatic carbocycles. The quantitative estimate of drug-likeness (QED) is 0.696. The predicted octanol–water partition coefficient (Wildman–Crippen LogP) is 3.97. The topological polar surface area (TPSA) is 80.9 Å². The van der Waals surface area contributed by atoms with Crippen molar-refractivity contribution >= 4 is 17.1 Å². The Morgan fingerprint density at radius 2 is 1.50 bits per heavy atom. The highest BCUT2D eigenvalue weighted by atomic mass is 19.1. The van der Waals surface area contributed by atoms with Crippen molar-refractivity contribution in [3.05, 3.63) is 77.1 Å². The third-order valence-electron chi connectivity index (χ3n) is 4.15. The Hall–Kier alpha value is -3.42. The lowest BCUT2D eigenvalue weighted by molar-refractivity contribution is -0.135. The third-order valence-corrected chi connectivity index (χ3v) is 4.15. The zero-order valence-corrected chi connectivity index (χ0v) is 15.3. The average Bonchev–Trinajstić information content (AvgIpc) is 3.14. The van der Waals surface area contributed by atoms with Gasteiger partial charge in [0.2, 0.25) is 0 Å². The lowest BCUT2D eigenvalue weighted by Crippen LogP contribution is -2.11. The van der Waals surface area contributed by atoms with Crippen molar-refractivity contribution in [3.8, 4) is 0 Å². The second-order valence-electron chi connectivity index (χ2n) is 6.48. The lowest BCUT2D eigenvalue weighted by atomic mass is 9.91. The highest BCUT2D eigenvalue weighted by Gasteiger charge is 2.23. The molecule has 0 fully saturated rings. The fourth-order valence-corrected chi connectivity index (χ4v) is 2.92. The van der Waals surface area contributed by atoms with Gasteiger partial charge in [-0.2, -0.15) is 0 Å². The van der Waals surface area contributed by atoms with Gasteiger partial charge in [0.1, 0.15) is 11.6 Å². The van der Waals surface area contributed by atoms with Crippen LogP contribution in [0.3, 0.4) is 0 Å². The maximum Gasteiger partial charge on any atom is 0.307 e. The average molecular weight is 384 g/mol. The van der Waals surface area contributed by atoms with Crippen LogP contribution in [0.5, 0.6) is 0 Å². The molecule has 8 heteroatoms. The van der Waals surface area contributed by atoms with Crippen LogP contribution < -0.4 is 0 Å². The number of aliphatic carboxylic acids is 1. The molecule has 0 saturated heterocycles. The van der Waals surface area contributed by atoms with Crippen LogP contribution in [0.4, 0.5) is 8.78 Å². The van der Waals surface area contributed by atoms with Gasteiger partial charge < -0.3 is 5.11 Å². The van der Waals surface area contributed by atoms with Gasteiger partial charge in [-0.05, 0) is 65.2 Å². The Morgan fingerprint density at radius 1 is 1.00 bits per heavy atom. The van der Waals surface area contributed by atoms with E-state index in [1.807, 2.05) is 13.8 Å². The number of hydrogen-bond acceptors (Lipinski definition) is 4. The summed E-state index contributed by atoms with van der Waals surface area (Å²) in [7, 11) is 0. The van der Waals surface area contributed by atoms with E-state index in [-0.39, 0.29) is 12.5 Å². The molecular formula is C20H18F2N4O2. The Bertz CT molecular complexity index is 962. The number of benzene rings is 2. The first kappa shape index (κ1) is 19.3. The molecule has 0 amide bonds. The molecule has 1 heterocycles. The minimum Gasteiger partial charge on any atom is -0.481 e. The van der Waals surface area contributed by atoms with Gasteiger partial charge in [-0.3, -0.25) is 4.79 Å². The van der Waals surface area contributed by atoms with E-state index in [0.717, 1.165) is 0 Å². The minimum absolute atomic E-state index is 0.114. The highest BCUT2D eigenvalue weighted by molar-refractivity contribution is 6.01. The van der Waals surface area contributed by atoms with Gasteiger partial charge in [0.25, 0.3) is 0 Å². The maximum atomic E-state index is 13.5. The van der Waals surface area contributed by atoms with Crippen molar-refractivity contribution in [2.75, 3.05) is 0 Å². The first-order valence-corrected chi connectivity index (χ1v) is 8.62. The lowest BCUT2D eigenvalue weighted by Gasteiger charge is -2.16. The molecule has 1 aromatic heterocycles. The zero-order chi connectivity index (χ0) is 20.3. The van der Waals surface area contributed by atoms with Crippen LogP contribution in [0.1, 0.15) is 43.3 Å². The predicted molar refractivity (Wildman–Crippen MR) is 99.2 cm³/mol. The number of carbonyl (C=O) groups is 1. The molecule has 0 aliphatic rings. The van der Waals surface area contributed by atoms with Gasteiger partial charge >= 0.3 is 5.97 Å². The van der Waals surface area contributed by atoms with Crippen LogP contribution in [0.2, 0.25) is 0 Å². The third kappa shape index (κ3) is 4.11. The van der Waals surface area contributed by atoms with Crippen LogP contribution >= 0.6 is 0 Å². The molecule has 3 aromatic rings. The number of rotatable bonds is 6. The SMILES string of the molecule is CC(C)n1nnnc1C(CC(=O)O)=C(c1ccc(F)cc1)c1ccc(F)cc1. The summed E-state index contributed by atoms with van der Waals surface area (Å²) in [6, 6.07) is 11.2. The Kier molecular flexibility index (Phi) is 5.58. The second kappa shape index (κ2) is 8.08. The normalized spacial score (nSPS) is 10.9. The van der Waals surface area contributed by atoms with Gasteiger partial charge in [-0.1, -0.05) is 24.3 Å². The Morgan fingerprint density at radius 3 is 1.93 bits per heavy atom. The molecule has 28 heavy (non-hydrogen) atoms. The molecule has 0 atom stereocenters. The molecule has 144 valence electrons. The van der Waals surface area contributed by atoms with Crippen molar-refractivity contribution < 1.29 is 18.7 Å². The van der Waals surface area contributed by atoms with Crippen LogP contribution in [-0.4, -0.2) is 31.3 Å². The Labute approximate surface area is 160 Å². The summed E-state index contributed by atoms with van der Waals surface area (Å²) >= 11 is 0. The molecule has 0 spiro atoms. The fraction of sp³-hybridized carbons (Fsp3) is 0.200. The van der Waals surface area contributed by atoms with Crippen molar-refractivity contribution in [2.24, 2.45) is 0 Å². The maximum absolute atomic E-state index is 13.5. The summed E-state index contributed by atoms with van der Waals surface area (Å²) in [6.45, 7) is 3.74. The molecule has 0 saturated carbocycles. The van der Waals surface area contributed by atoms with Gasteiger partial charge in [-0.15, -0.1) is 5.10 Å². The summed E-state index contributed by atoms with van der Waals surface area (Å²) < 4.78 is 28.4. The summed E-state index contributed by atoms with van der Waals surface area (Å²) in [5, 5.41) is 21.2. The molecule has 0 aliphatic carbocycles. The van der Waals surface area contributed by atoms with Crippen LogP contribution in [0.25, 0.3) is 11.1 Å². The largest absolute Gasteiger partial charge is 0.481 e. The molecular weight excluding hydrogens is 366 g/mol.